The fourth-order valence-corrected chi connectivity index (χ4v) is 3.15. The standard InChI is InChI=1S/C18H21N3O2/c19-18(23)12-16-13-20(14-5-2-1-3-6-14)9-10-21(16)15-7-4-8-17(22)11-15/h1-8,11,16,22H,9-10,12-13H2,(H2,19,23). The lowest BCUT2D eigenvalue weighted by molar-refractivity contribution is -0.118. The summed E-state index contributed by atoms with van der Waals surface area (Å²) < 4.78 is 0. The normalized spacial score (nSPS) is 18.0. The molecule has 0 bridgehead atoms. The third-order valence-electron chi connectivity index (χ3n) is 4.20. The molecule has 0 saturated carbocycles. The number of primary amides is 1. The van der Waals surface area contributed by atoms with Crippen molar-refractivity contribution in [3.05, 3.63) is 54.6 Å². The molecule has 1 atom stereocenters. The Morgan fingerprint density at radius 3 is 2.52 bits per heavy atom. The molecule has 23 heavy (non-hydrogen) atoms. The Hall–Kier alpha value is -2.69. The monoisotopic (exact) mass is 311 g/mol. The van der Waals surface area contributed by atoms with Gasteiger partial charge in [0.25, 0.3) is 0 Å². The summed E-state index contributed by atoms with van der Waals surface area (Å²) >= 11 is 0. The van der Waals surface area contributed by atoms with Gasteiger partial charge in [0.15, 0.2) is 0 Å². The van der Waals surface area contributed by atoms with Crippen molar-refractivity contribution in [2.45, 2.75) is 12.5 Å². The number of para-hydroxylation sites is 1. The van der Waals surface area contributed by atoms with Crippen molar-refractivity contribution < 1.29 is 9.90 Å². The van der Waals surface area contributed by atoms with Gasteiger partial charge in [-0.05, 0) is 24.3 Å². The molecule has 0 radical (unpaired) electrons. The maximum absolute atomic E-state index is 11.5. The highest BCUT2D eigenvalue weighted by molar-refractivity contribution is 5.75. The lowest BCUT2D eigenvalue weighted by Crippen LogP contribution is -2.54. The number of benzene rings is 2. The molecule has 2 aromatic carbocycles. The zero-order valence-electron chi connectivity index (χ0n) is 12.9. The van der Waals surface area contributed by atoms with Crippen molar-refractivity contribution in [2.75, 3.05) is 29.4 Å². The molecule has 0 aromatic heterocycles. The molecule has 5 heteroatoms. The molecule has 5 nitrogen and oxygen atoms in total. The van der Waals surface area contributed by atoms with Crippen molar-refractivity contribution in [1.82, 2.24) is 0 Å². The van der Waals surface area contributed by atoms with Gasteiger partial charge in [-0.15, -0.1) is 0 Å². The van der Waals surface area contributed by atoms with E-state index < -0.39 is 0 Å². The van der Waals surface area contributed by atoms with E-state index in [0.717, 1.165) is 31.0 Å². The van der Waals surface area contributed by atoms with Crippen molar-refractivity contribution in [2.24, 2.45) is 5.73 Å². The molecule has 0 aliphatic carbocycles. The van der Waals surface area contributed by atoms with Gasteiger partial charge in [-0.25, -0.2) is 0 Å². The minimum atomic E-state index is -0.310. The Balaban J connectivity index is 1.83. The number of nitrogens with two attached hydrogens (primary N) is 1. The van der Waals surface area contributed by atoms with Crippen molar-refractivity contribution in [1.29, 1.82) is 0 Å². The van der Waals surface area contributed by atoms with E-state index in [-0.39, 0.29) is 17.7 Å². The average Bonchev–Trinajstić information content (AvgIpc) is 2.55. The molecule has 1 saturated heterocycles. The fraction of sp³-hybridized carbons (Fsp3) is 0.278. The Morgan fingerprint density at radius 1 is 1.09 bits per heavy atom. The van der Waals surface area contributed by atoms with Gasteiger partial charge >= 0.3 is 0 Å². The van der Waals surface area contributed by atoms with E-state index in [1.165, 1.54) is 0 Å². The number of piperazine rings is 1. The van der Waals surface area contributed by atoms with Crippen LogP contribution in [0.25, 0.3) is 0 Å². The molecule has 1 amide bonds. The predicted molar refractivity (Wildman–Crippen MR) is 91.7 cm³/mol. The summed E-state index contributed by atoms with van der Waals surface area (Å²) in [7, 11) is 0. The maximum Gasteiger partial charge on any atom is 0.219 e. The quantitative estimate of drug-likeness (QED) is 0.905. The van der Waals surface area contributed by atoms with Crippen LogP contribution in [0.4, 0.5) is 11.4 Å². The smallest absolute Gasteiger partial charge is 0.219 e. The van der Waals surface area contributed by atoms with Gasteiger partial charge in [0.1, 0.15) is 5.75 Å². The molecular formula is C18H21N3O2. The van der Waals surface area contributed by atoms with Gasteiger partial charge in [0.05, 0.1) is 6.04 Å². The summed E-state index contributed by atoms with van der Waals surface area (Å²) in [6.45, 7) is 2.35. The minimum absolute atomic E-state index is 0.0109. The topological polar surface area (TPSA) is 69.8 Å². The van der Waals surface area contributed by atoms with Crippen LogP contribution in [0.1, 0.15) is 6.42 Å². The van der Waals surface area contributed by atoms with Crippen molar-refractivity contribution in [3.63, 3.8) is 0 Å². The summed E-state index contributed by atoms with van der Waals surface area (Å²) in [5.41, 5.74) is 7.51. The molecule has 2 aromatic rings. The summed E-state index contributed by atoms with van der Waals surface area (Å²) in [6, 6.07) is 17.3. The first kappa shape index (κ1) is 15.2. The fourth-order valence-electron chi connectivity index (χ4n) is 3.15. The average molecular weight is 311 g/mol. The molecule has 1 heterocycles. The molecular weight excluding hydrogens is 290 g/mol. The zero-order chi connectivity index (χ0) is 16.2. The van der Waals surface area contributed by atoms with E-state index in [0.29, 0.717) is 6.42 Å². The third-order valence-corrected chi connectivity index (χ3v) is 4.20. The van der Waals surface area contributed by atoms with Crippen LogP contribution in [0.2, 0.25) is 0 Å². The Labute approximate surface area is 135 Å². The van der Waals surface area contributed by atoms with Crippen LogP contribution in [-0.2, 0) is 4.79 Å². The van der Waals surface area contributed by atoms with Crippen LogP contribution < -0.4 is 15.5 Å². The largest absolute Gasteiger partial charge is 0.508 e. The van der Waals surface area contributed by atoms with Crippen LogP contribution in [0.5, 0.6) is 5.75 Å². The number of hydrogen-bond donors (Lipinski definition) is 2. The van der Waals surface area contributed by atoms with Crippen molar-refractivity contribution >= 4 is 17.3 Å². The van der Waals surface area contributed by atoms with Gasteiger partial charge in [-0.2, -0.15) is 0 Å². The highest BCUT2D eigenvalue weighted by Crippen LogP contribution is 2.27. The Morgan fingerprint density at radius 2 is 1.83 bits per heavy atom. The predicted octanol–water partition coefficient (Wildman–Crippen LogP) is 1.96. The van der Waals surface area contributed by atoms with Gasteiger partial charge in [-0.3, -0.25) is 4.79 Å². The number of rotatable bonds is 4. The number of carbonyl (C=O) groups excluding carboxylic acids is 1. The van der Waals surface area contributed by atoms with Gasteiger partial charge < -0.3 is 20.6 Å². The van der Waals surface area contributed by atoms with Crippen molar-refractivity contribution in [3.8, 4) is 5.75 Å². The molecule has 1 aliphatic heterocycles. The molecule has 1 fully saturated rings. The van der Waals surface area contributed by atoms with Crippen LogP contribution >= 0.6 is 0 Å². The second kappa shape index (κ2) is 6.60. The number of amides is 1. The van der Waals surface area contributed by atoms with Crippen LogP contribution in [0.3, 0.4) is 0 Å². The molecule has 1 aliphatic rings. The summed E-state index contributed by atoms with van der Waals surface area (Å²) in [6.07, 6.45) is 0.291. The number of phenolic OH excluding ortho intramolecular Hbond substituents is 1. The molecule has 3 N–H and O–H groups in total. The highest BCUT2D eigenvalue weighted by Gasteiger charge is 2.28. The first-order valence-corrected chi connectivity index (χ1v) is 7.77. The number of aromatic hydroxyl groups is 1. The van der Waals surface area contributed by atoms with E-state index in [1.807, 2.05) is 30.3 Å². The van der Waals surface area contributed by atoms with Crippen LogP contribution in [0, 0.1) is 0 Å². The van der Waals surface area contributed by atoms with E-state index in [2.05, 4.69) is 21.9 Å². The SMILES string of the molecule is NC(=O)CC1CN(c2ccccc2)CCN1c1cccc(O)c1. The minimum Gasteiger partial charge on any atom is -0.508 e. The third kappa shape index (κ3) is 3.56. The maximum atomic E-state index is 11.5. The number of hydrogen-bond acceptors (Lipinski definition) is 4. The second-order valence-electron chi connectivity index (χ2n) is 5.82. The van der Waals surface area contributed by atoms with Crippen LogP contribution in [0.15, 0.2) is 54.6 Å². The van der Waals surface area contributed by atoms with E-state index in [9.17, 15) is 9.90 Å². The van der Waals surface area contributed by atoms with E-state index in [1.54, 1.807) is 12.1 Å². The highest BCUT2D eigenvalue weighted by atomic mass is 16.3. The second-order valence-corrected chi connectivity index (χ2v) is 5.82. The summed E-state index contributed by atoms with van der Waals surface area (Å²) in [4.78, 5) is 15.9. The number of carbonyl (C=O) groups is 1. The lowest BCUT2D eigenvalue weighted by atomic mass is 10.1. The zero-order valence-corrected chi connectivity index (χ0v) is 12.9. The molecule has 120 valence electrons. The first-order chi connectivity index (χ1) is 11.1. The summed E-state index contributed by atoms with van der Waals surface area (Å²) in [5, 5.41) is 9.71. The number of anilines is 2. The number of nitrogens with zero attached hydrogens (tertiary/aromatic N) is 2. The van der Waals surface area contributed by atoms with Crippen LogP contribution in [-0.4, -0.2) is 36.7 Å². The van der Waals surface area contributed by atoms with E-state index >= 15 is 0 Å². The van der Waals surface area contributed by atoms with Gasteiger partial charge in [-0.1, -0.05) is 24.3 Å². The van der Waals surface area contributed by atoms with E-state index in [4.69, 9.17) is 5.73 Å². The molecule has 0 spiro atoms. The summed E-state index contributed by atoms with van der Waals surface area (Å²) in [5.74, 6) is -0.0825. The first-order valence-electron chi connectivity index (χ1n) is 7.77. The molecule has 1 unspecified atom stereocenters. The van der Waals surface area contributed by atoms with Gasteiger partial charge in [0.2, 0.25) is 5.91 Å². The number of phenols is 1. The Kier molecular flexibility index (Phi) is 4.37. The Bertz CT molecular complexity index is 675. The molecule has 3 rings (SSSR count). The van der Waals surface area contributed by atoms with Gasteiger partial charge in [0, 0.05) is 43.5 Å². The lowest BCUT2D eigenvalue weighted by Gasteiger charge is -2.43.